The maximum atomic E-state index is 13.5. The minimum absolute atomic E-state index is 0.00334. The third-order valence-corrected chi connectivity index (χ3v) is 7.07. The summed E-state index contributed by atoms with van der Waals surface area (Å²) >= 11 is 0. The van der Waals surface area contributed by atoms with Gasteiger partial charge in [-0.15, -0.1) is 0 Å². The number of ether oxygens (including phenoxy) is 1. The van der Waals surface area contributed by atoms with E-state index in [9.17, 15) is 28.0 Å². The zero-order valence-electron chi connectivity index (χ0n) is 19.8. The zero-order chi connectivity index (χ0) is 25.9. The molecule has 3 aliphatic rings. The molecule has 2 saturated heterocycles. The monoisotopic (exact) mass is 507 g/mol. The summed E-state index contributed by atoms with van der Waals surface area (Å²) in [6.07, 6.45) is 0.925. The molecule has 10 nitrogen and oxygen atoms in total. The molecule has 1 aromatic carbocycles. The molecule has 0 bridgehead atoms. The number of nitrogens with one attached hydrogen (secondary N) is 2. The number of nitrogens with two attached hydrogens (primary N) is 1. The van der Waals surface area contributed by atoms with E-state index in [1.165, 1.54) is 0 Å². The summed E-state index contributed by atoms with van der Waals surface area (Å²) < 4.78 is 32.1. The first-order chi connectivity index (χ1) is 17.1. The number of benzene rings is 1. The van der Waals surface area contributed by atoms with Crippen molar-refractivity contribution in [2.75, 3.05) is 19.6 Å². The van der Waals surface area contributed by atoms with E-state index in [1.54, 1.807) is 24.3 Å². The smallest absolute Gasteiger partial charge is 0.419 e. The average Bonchev–Trinajstić information content (AvgIpc) is 3.44. The van der Waals surface area contributed by atoms with Gasteiger partial charge in [0.2, 0.25) is 11.8 Å². The molecule has 0 unspecified atom stereocenters. The van der Waals surface area contributed by atoms with E-state index in [2.05, 4.69) is 10.6 Å². The van der Waals surface area contributed by atoms with Crippen molar-refractivity contribution >= 4 is 23.9 Å². The highest BCUT2D eigenvalue weighted by molar-refractivity contribution is 6.00. The number of imide groups is 1. The van der Waals surface area contributed by atoms with Crippen molar-refractivity contribution in [3.63, 3.8) is 0 Å². The Bertz CT molecular complexity index is 986. The van der Waals surface area contributed by atoms with Crippen LogP contribution in [0.15, 0.2) is 30.3 Å². The number of urea groups is 1. The van der Waals surface area contributed by atoms with Gasteiger partial charge in [-0.3, -0.25) is 9.59 Å². The van der Waals surface area contributed by atoms with Crippen molar-refractivity contribution in [2.24, 2.45) is 11.7 Å². The van der Waals surface area contributed by atoms with Gasteiger partial charge in [0.05, 0.1) is 12.6 Å². The van der Waals surface area contributed by atoms with Crippen LogP contribution in [0.5, 0.6) is 0 Å². The molecule has 0 radical (unpaired) electrons. The van der Waals surface area contributed by atoms with Crippen LogP contribution in [0.4, 0.5) is 18.4 Å². The van der Waals surface area contributed by atoms with Gasteiger partial charge in [-0.25, -0.2) is 23.3 Å². The normalized spacial score (nSPS) is 26.3. The summed E-state index contributed by atoms with van der Waals surface area (Å²) in [6.45, 7) is -0.650. The van der Waals surface area contributed by atoms with Crippen molar-refractivity contribution in [1.29, 1.82) is 0 Å². The Kier molecular flexibility index (Phi) is 7.72. The van der Waals surface area contributed by atoms with Gasteiger partial charge in [-0.1, -0.05) is 30.3 Å². The fourth-order valence-electron chi connectivity index (χ4n) is 4.97. The van der Waals surface area contributed by atoms with Gasteiger partial charge in [-0.05, 0) is 37.2 Å². The first-order valence-corrected chi connectivity index (χ1v) is 12.1. The highest BCUT2D eigenvalue weighted by atomic mass is 19.3. The molecule has 1 saturated carbocycles. The molecule has 2 aliphatic heterocycles. The topological polar surface area (TPSA) is 134 Å². The maximum absolute atomic E-state index is 13.5. The summed E-state index contributed by atoms with van der Waals surface area (Å²) in [6, 6.07) is 6.15. The van der Waals surface area contributed by atoms with Crippen LogP contribution in [-0.4, -0.2) is 77.4 Å². The number of likely N-dealkylation sites (tertiary alicyclic amines) is 1. The number of rotatable bonds is 6. The Labute approximate surface area is 207 Å². The Morgan fingerprint density at radius 3 is 2.50 bits per heavy atom. The first kappa shape index (κ1) is 25.8. The van der Waals surface area contributed by atoms with Crippen molar-refractivity contribution in [2.45, 2.75) is 62.8 Å². The molecule has 3 fully saturated rings. The van der Waals surface area contributed by atoms with Crippen molar-refractivity contribution in [1.82, 2.24) is 20.4 Å². The Balaban J connectivity index is 1.25. The van der Waals surface area contributed by atoms with Crippen molar-refractivity contribution < 1.29 is 32.7 Å². The Morgan fingerprint density at radius 1 is 1.17 bits per heavy atom. The van der Waals surface area contributed by atoms with Crippen molar-refractivity contribution in [3.05, 3.63) is 35.9 Å². The quantitative estimate of drug-likeness (QED) is 0.535. The van der Waals surface area contributed by atoms with Gasteiger partial charge in [0.25, 0.3) is 5.92 Å². The van der Waals surface area contributed by atoms with E-state index in [0.717, 1.165) is 15.4 Å². The van der Waals surface area contributed by atoms with Crippen LogP contribution in [0.25, 0.3) is 0 Å². The summed E-state index contributed by atoms with van der Waals surface area (Å²) in [4.78, 5) is 52.1. The van der Waals surface area contributed by atoms with Gasteiger partial charge in [0.15, 0.2) is 0 Å². The number of carbonyl (C=O) groups is 4. The SMILES string of the molecule is N[C@H](C(=O)N1CCC(F)(F)C1)C1CCC(NC(=O)[C@@H]2CNC(=O)N2C(=O)OCc2ccccc2)CC1. The second-order valence-corrected chi connectivity index (χ2v) is 9.62. The third-order valence-electron chi connectivity index (χ3n) is 7.07. The second kappa shape index (κ2) is 10.8. The van der Waals surface area contributed by atoms with E-state index in [-0.39, 0.29) is 38.1 Å². The Hall–Kier alpha value is -3.28. The van der Waals surface area contributed by atoms with E-state index < -0.39 is 48.5 Å². The number of carbonyl (C=O) groups excluding carboxylic acids is 4. The summed E-state index contributed by atoms with van der Waals surface area (Å²) in [5.41, 5.74) is 6.87. The third kappa shape index (κ3) is 5.92. The number of amides is 5. The van der Waals surface area contributed by atoms with Crippen LogP contribution >= 0.6 is 0 Å². The predicted molar refractivity (Wildman–Crippen MR) is 124 cm³/mol. The molecule has 4 rings (SSSR count). The lowest BCUT2D eigenvalue weighted by atomic mass is 9.81. The highest BCUT2D eigenvalue weighted by Gasteiger charge is 2.44. The molecule has 2 heterocycles. The number of nitrogens with zero attached hydrogens (tertiary/aromatic N) is 2. The zero-order valence-corrected chi connectivity index (χ0v) is 19.8. The largest absolute Gasteiger partial charge is 0.444 e. The van der Waals surface area contributed by atoms with Gasteiger partial charge < -0.3 is 26.0 Å². The number of hydrogen-bond donors (Lipinski definition) is 3. The summed E-state index contributed by atoms with van der Waals surface area (Å²) in [5.74, 6) is -3.97. The van der Waals surface area contributed by atoms with E-state index in [0.29, 0.717) is 25.7 Å². The van der Waals surface area contributed by atoms with Gasteiger partial charge in [0, 0.05) is 25.6 Å². The molecule has 1 aliphatic carbocycles. The molecule has 4 N–H and O–H groups in total. The molecule has 0 spiro atoms. The summed E-state index contributed by atoms with van der Waals surface area (Å²) in [7, 11) is 0. The lowest BCUT2D eigenvalue weighted by molar-refractivity contribution is -0.134. The van der Waals surface area contributed by atoms with Gasteiger partial charge >= 0.3 is 12.1 Å². The Morgan fingerprint density at radius 2 is 1.86 bits per heavy atom. The number of hydrogen-bond acceptors (Lipinski definition) is 6. The van der Waals surface area contributed by atoms with Crippen LogP contribution < -0.4 is 16.4 Å². The molecule has 2 atom stereocenters. The minimum Gasteiger partial charge on any atom is -0.444 e. The molecule has 1 aromatic rings. The highest BCUT2D eigenvalue weighted by Crippen LogP contribution is 2.31. The van der Waals surface area contributed by atoms with Crippen LogP contribution in [0.3, 0.4) is 0 Å². The molecule has 12 heteroatoms. The first-order valence-electron chi connectivity index (χ1n) is 12.1. The van der Waals surface area contributed by atoms with Crippen LogP contribution in [-0.2, 0) is 20.9 Å². The van der Waals surface area contributed by atoms with Gasteiger partial charge in [0.1, 0.15) is 12.6 Å². The van der Waals surface area contributed by atoms with E-state index in [4.69, 9.17) is 10.5 Å². The van der Waals surface area contributed by atoms with Crippen LogP contribution in [0.2, 0.25) is 0 Å². The van der Waals surface area contributed by atoms with E-state index >= 15 is 0 Å². The molecule has 196 valence electrons. The standard InChI is InChI=1S/C24H31F2N5O5/c25-24(26)10-11-30(14-24)21(33)19(27)16-6-8-17(9-7-16)29-20(32)18-12-28-22(34)31(18)23(35)36-13-15-4-2-1-3-5-15/h1-5,16-19H,6-14,27H2,(H,28,34)(H,29,32)/t16?,17?,18-,19-/m0/s1. The maximum Gasteiger partial charge on any atom is 0.419 e. The fourth-order valence-corrected chi connectivity index (χ4v) is 4.97. The fraction of sp³-hybridized carbons (Fsp3) is 0.583. The number of alkyl halides is 2. The molecular weight excluding hydrogens is 476 g/mol. The van der Waals surface area contributed by atoms with Gasteiger partial charge in [-0.2, -0.15) is 0 Å². The summed E-state index contributed by atoms with van der Waals surface area (Å²) in [5, 5.41) is 5.38. The second-order valence-electron chi connectivity index (χ2n) is 9.62. The lowest BCUT2D eigenvalue weighted by Crippen LogP contribution is -2.53. The van der Waals surface area contributed by atoms with Crippen LogP contribution in [0, 0.1) is 5.92 Å². The number of halogens is 2. The minimum atomic E-state index is -2.87. The molecular formula is C24H31F2N5O5. The lowest BCUT2D eigenvalue weighted by Gasteiger charge is -2.34. The predicted octanol–water partition coefficient (Wildman–Crippen LogP) is 1.59. The molecule has 36 heavy (non-hydrogen) atoms. The molecule has 0 aromatic heterocycles. The van der Waals surface area contributed by atoms with E-state index in [1.807, 2.05) is 6.07 Å². The van der Waals surface area contributed by atoms with Crippen LogP contribution in [0.1, 0.15) is 37.7 Å². The van der Waals surface area contributed by atoms with Crippen molar-refractivity contribution in [3.8, 4) is 0 Å². The average molecular weight is 508 g/mol. The molecule has 5 amide bonds.